The molecule has 2 amide bonds. The van der Waals surface area contributed by atoms with Crippen LogP contribution in [0.4, 0.5) is 5.69 Å². The lowest BCUT2D eigenvalue weighted by molar-refractivity contribution is -0.123. The van der Waals surface area contributed by atoms with E-state index in [0.29, 0.717) is 12.3 Å². The van der Waals surface area contributed by atoms with Crippen LogP contribution in [-0.4, -0.2) is 22.0 Å². The summed E-state index contributed by atoms with van der Waals surface area (Å²) in [7, 11) is 0. The van der Waals surface area contributed by atoms with Gasteiger partial charge >= 0.3 is 4.87 Å². The van der Waals surface area contributed by atoms with Crippen LogP contribution in [0, 0.1) is 36.5 Å². The van der Waals surface area contributed by atoms with E-state index in [-0.39, 0.29) is 57.4 Å². The molecule has 0 radical (unpaired) electrons. The zero-order chi connectivity index (χ0) is 27.8. The quantitative estimate of drug-likeness (QED) is 0.293. The molecular formula is C33H28N2O4S2. The van der Waals surface area contributed by atoms with Gasteiger partial charge in [0.2, 0.25) is 11.8 Å². The number of para-hydroxylation sites is 2. The SMILES string of the molecule is Cc1ccc(COc2ccccc2C2c3sc(=O)[nH]c3SC3C2[C@H]2C[C@@H]3C3C(=O)N(c4ccccc4)C(=O)C32)cc1. The number of nitrogens with zero attached hydrogens (tertiary/aromatic N) is 1. The molecule has 3 heterocycles. The summed E-state index contributed by atoms with van der Waals surface area (Å²) in [5, 5.41) is 1.04. The number of anilines is 1. The van der Waals surface area contributed by atoms with Crippen LogP contribution in [0.2, 0.25) is 0 Å². The Bertz CT molecular complexity index is 1730. The van der Waals surface area contributed by atoms with Gasteiger partial charge in [-0.15, -0.1) is 11.8 Å². The van der Waals surface area contributed by atoms with Gasteiger partial charge in [-0.2, -0.15) is 0 Å². The van der Waals surface area contributed by atoms with Gasteiger partial charge in [0.1, 0.15) is 12.4 Å². The minimum atomic E-state index is -0.324. The van der Waals surface area contributed by atoms with Crippen LogP contribution in [0.3, 0.4) is 0 Å². The molecule has 6 nitrogen and oxygen atoms in total. The molecule has 1 aromatic heterocycles. The van der Waals surface area contributed by atoms with Gasteiger partial charge in [0.05, 0.1) is 22.5 Å². The zero-order valence-electron chi connectivity index (χ0n) is 22.4. The number of aromatic amines is 1. The highest BCUT2D eigenvalue weighted by Crippen LogP contribution is 2.69. The van der Waals surface area contributed by atoms with Gasteiger partial charge in [-0.3, -0.25) is 19.3 Å². The predicted octanol–water partition coefficient (Wildman–Crippen LogP) is 6.00. The van der Waals surface area contributed by atoms with Crippen molar-refractivity contribution in [2.24, 2.45) is 29.6 Å². The van der Waals surface area contributed by atoms with E-state index in [2.05, 4.69) is 42.2 Å². The summed E-state index contributed by atoms with van der Waals surface area (Å²) < 4.78 is 6.45. The second-order valence-corrected chi connectivity index (χ2v) is 13.8. The Balaban J connectivity index is 1.19. The number of carbonyl (C=O) groups is 2. The molecule has 0 spiro atoms. The van der Waals surface area contributed by atoms with Crippen molar-refractivity contribution in [1.82, 2.24) is 4.98 Å². The van der Waals surface area contributed by atoms with E-state index in [1.165, 1.54) is 21.8 Å². The lowest BCUT2D eigenvalue weighted by Gasteiger charge is -2.43. The molecule has 41 heavy (non-hydrogen) atoms. The van der Waals surface area contributed by atoms with Crippen molar-refractivity contribution in [3.8, 4) is 5.75 Å². The van der Waals surface area contributed by atoms with Gasteiger partial charge < -0.3 is 9.72 Å². The largest absolute Gasteiger partial charge is 0.489 e. The highest BCUT2D eigenvalue weighted by molar-refractivity contribution is 8.00. The molecule has 8 rings (SSSR count). The molecule has 4 aromatic rings. The number of fused-ring (bicyclic) bond motifs is 9. The third-order valence-corrected chi connectivity index (χ3v) is 12.1. The Labute approximate surface area is 245 Å². The van der Waals surface area contributed by atoms with Crippen molar-refractivity contribution in [1.29, 1.82) is 0 Å². The van der Waals surface area contributed by atoms with Crippen molar-refractivity contribution in [3.05, 3.63) is 110 Å². The lowest BCUT2D eigenvalue weighted by Crippen LogP contribution is -2.42. The molecule has 8 heteroatoms. The molecule has 7 atom stereocenters. The first-order valence-electron chi connectivity index (χ1n) is 14.1. The van der Waals surface area contributed by atoms with E-state index < -0.39 is 0 Å². The molecule has 2 saturated carbocycles. The first-order valence-corrected chi connectivity index (χ1v) is 15.8. The second-order valence-electron chi connectivity index (χ2n) is 11.6. The summed E-state index contributed by atoms with van der Waals surface area (Å²) >= 11 is 2.98. The second kappa shape index (κ2) is 9.46. The van der Waals surface area contributed by atoms with Crippen molar-refractivity contribution in [2.75, 3.05) is 4.90 Å². The normalized spacial score (nSPS) is 29.4. The monoisotopic (exact) mass is 580 g/mol. The molecule has 4 aliphatic rings. The van der Waals surface area contributed by atoms with E-state index in [1.54, 1.807) is 11.8 Å². The Hall–Kier alpha value is -3.62. The summed E-state index contributed by atoms with van der Waals surface area (Å²) in [6.07, 6.45) is 0.861. The molecule has 2 aliphatic heterocycles. The van der Waals surface area contributed by atoms with Crippen LogP contribution in [0.15, 0.2) is 88.7 Å². The van der Waals surface area contributed by atoms with E-state index in [4.69, 9.17) is 4.74 Å². The third-order valence-electron chi connectivity index (χ3n) is 9.51. The highest BCUT2D eigenvalue weighted by atomic mass is 32.2. The summed E-state index contributed by atoms with van der Waals surface area (Å²) in [6.45, 7) is 2.51. The number of amides is 2. The topological polar surface area (TPSA) is 79.5 Å². The standard InChI is InChI=1S/C33H28N2O4S2/c1-17-11-13-18(14-12-17)16-39-23-10-6-5-9-20(23)24-25-21-15-22(28(25)40-30-29(24)41-33(38)34-30)27-26(21)31(36)35(32(27)37)19-7-3-2-4-8-19/h2-14,21-22,24-28H,15-16H2,1H3,(H,34,38)/t21-,22-,24?,25?,26?,27?,28?/m1/s1. The maximum absolute atomic E-state index is 13.9. The fourth-order valence-corrected chi connectivity index (χ4v) is 10.8. The van der Waals surface area contributed by atoms with Gasteiger partial charge in [-0.1, -0.05) is 77.6 Å². The molecule has 3 fully saturated rings. The Kier molecular flexibility index (Phi) is 5.80. The number of carbonyl (C=O) groups excluding carboxylic acids is 2. The zero-order valence-corrected chi connectivity index (χ0v) is 24.0. The number of thioether (sulfide) groups is 1. The van der Waals surface area contributed by atoms with E-state index in [9.17, 15) is 14.4 Å². The maximum Gasteiger partial charge on any atom is 0.305 e. The van der Waals surface area contributed by atoms with Crippen LogP contribution >= 0.6 is 23.1 Å². The molecule has 1 saturated heterocycles. The van der Waals surface area contributed by atoms with E-state index >= 15 is 0 Å². The molecular weight excluding hydrogens is 553 g/mol. The number of rotatable bonds is 5. The Morgan fingerprint density at radius 1 is 0.878 bits per heavy atom. The highest BCUT2D eigenvalue weighted by Gasteiger charge is 2.69. The average molecular weight is 581 g/mol. The number of hydrogen-bond donors (Lipinski definition) is 1. The van der Waals surface area contributed by atoms with Crippen LogP contribution in [0.5, 0.6) is 5.75 Å². The van der Waals surface area contributed by atoms with Crippen LogP contribution < -0.4 is 14.5 Å². The number of H-pyrrole nitrogens is 1. The summed E-state index contributed by atoms with van der Waals surface area (Å²) in [5.74, 6) is 0.226. The van der Waals surface area contributed by atoms with Crippen LogP contribution in [0.25, 0.3) is 0 Å². The number of imide groups is 1. The average Bonchev–Trinajstić information content (AvgIpc) is 3.72. The van der Waals surface area contributed by atoms with E-state index in [0.717, 1.165) is 33.2 Å². The summed E-state index contributed by atoms with van der Waals surface area (Å²) in [4.78, 5) is 45.8. The number of benzene rings is 3. The molecule has 3 aromatic carbocycles. The molecule has 1 N–H and O–H groups in total. The van der Waals surface area contributed by atoms with Gasteiger partial charge in [-0.25, -0.2) is 0 Å². The van der Waals surface area contributed by atoms with Gasteiger partial charge in [-0.05, 0) is 54.9 Å². The van der Waals surface area contributed by atoms with Crippen molar-refractivity contribution >= 4 is 40.6 Å². The number of thiazole rings is 1. The Morgan fingerprint density at radius 3 is 2.37 bits per heavy atom. The maximum atomic E-state index is 13.9. The van der Waals surface area contributed by atoms with Crippen molar-refractivity contribution in [2.45, 2.75) is 36.1 Å². The van der Waals surface area contributed by atoms with E-state index in [1.807, 2.05) is 48.5 Å². The van der Waals surface area contributed by atoms with Gasteiger partial charge in [0, 0.05) is 21.6 Å². The van der Waals surface area contributed by atoms with Gasteiger partial charge in [0.25, 0.3) is 0 Å². The molecule has 2 aliphatic carbocycles. The van der Waals surface area contributed by atoms with Crippen LogP contribution in [0.1, 0.15) is 33.9 Å². The summed E-state index contributed by atoms with van der Waals surface area (Å²) in [5.41, 5.74) is 4.00. The first kappa shape index (κ1) is 25.1. The number of aryl methyl sites for hydroxylation is 1. The predicted molar refractivity (Wildman–Crippen MR) is 159 cm³/mol. The summed E-state index contributed by atoms with van der Waals surface area (Å²) in [6, 6.07) is 25.8. The van der Waals surface area contributed by atoms with Crippen molar-refractivity contribution < 1.29 is 14.3 Å². The smallest absolute Gasteiger partial charge is 0.305 e. The minimum Gasteiger partial charge on any atom is -0.489 e. The number of hydrogen-bond acceptors (Lipinski definition) is 6. The molecule has 206 valence electrons. The first-order chi connectivity index (χ1) is 20.0. The van der Waals surface area contributed by atoms with Crippen molar-refractivity contribution in [3.63, 3.8) is 0 Å². The fraction of sp³-hybridized carbons (Fsp3) is 0.303. The Morgan fingerprint density at radius 2 is 1.59 bits per heavy atom. The fourth-order valence-electron chi connectivity index (χ4n) is 7.91. The van der Waals surface area contributed by atoms with Crippen LogP contribution in [-0.2, 0) is 16.2 Å². The molecule has 5 unspecified atom stereocenters. The van der Waals surface area contributed by atoms with Gasteiger partial charge in [0.15, 0.2) is 0 Å². The number of nitrogens with one attached hydrogen (secondary N) is 1. The number of ether oxygens (including phenoxy) is 1. The number of aromatic nitrogens is 1. The lowest BCUT2D eigenvalue weighted by atomic mass is 9.68. The molecule has 2 bridgehead atoms. The third kappa shape index (κ3) is 3.80. The minimum absolute atomic E-state index is 0.0631.